The summed E-state index contributed by atoms with van der Waals surface area (Å²) in [6, 6.07) is 20.8. The van der Waals surface area contributed by atoms with Crippen LogP contribution in [0.1, 0.15) is 17.9 Å². The van der Waals surface area contributed by atoms with Crippen molar-refractivity contribution in [2.75, 3.05) is 6.61 Å². The standard InChI is InChI=1S/C16H16O/c1-3-7-13(8-4-1)16-11-14(16)12-17-15-9-5-2-6-10-15/h1-10,14,16H,11-12H2/t14-,16-/m0/s1. The average Bonchev–Trinajstić information content (AvgIpc) is 3.18. The van der Waals surface area contributed by atoms with Crippen molar-refractivity contribution in [1.29, 1.82) is 0 Å². The molecule has 0 bridgehead atoms. The Bertz CT molecular complexity index is 463. The lowest BCUT2D eigenvalue weighted by Gasteiger charge is -2.05. The second-order valence-corrected chi connectivity index (χ2v) is 4.64. The summed E-state index contributed by atoms with van der Waals surface area (Å²) in [5, 5.41) is 0. The Labute approximate surface area is 102 Å². The molecular weight excluding hydrogens is 208 g/mol. The van der Waals surface area contributed by atoms with Gasteiger partial charge in [-0.05, 0) is 30.0 Å². The zero-order valence-electron chi connectivity index (χ0n) is 9.75. The normalized spacial score (nSPS) is 22.1. The van der Waals surface area contributed by atoms with Gasteiger partial charge in [0.1, 0.15) is 5.75 Å². The first-order chi connectivity index (χ1) is 8.43. The molecule has 0 aliphatic heterocycles. The van der Waals surface area contributed by atoms with Crippen LogP contribution < -0.4 is 4.74 Å². The molecule has 0 aromatic heterocycles. The van der Waals surface area contributed by atoms with E-state index >= 15 is 0 Å². The Balaban J connectivity index is 1.53. The molecule has 1 nitrogen and oxygen atoms in total. The van der Waals surface area contributed by atoms with Crippen LogP contribution >= 0.6 is 0 Å². The van der Waals surface area contributed by atoms with Crippen molar-refractivity contribution in [2.24, 2.45) is 5.92 Å². The monoisotopic (exact) mass is 224 g/mol. The number of hydrogen-bond acceptors (Lipinski definition) is 1. The van der Waals surface area contributed by atoms with Crippen molar-refractivity contribution < 1.29 is 4.74 Å². The van der Waals surface area contributed by atoms with E-state index in [0.29, 0.717) is 11.8 Å². The molecule has 3 rings (SSSR count). The summed E-state index contributed by atoms with van der Waals surface area (Å²) < 4.78 is 5.78. The summed E-state index contributed by atoms with van der Waals surface area (Å²) in [6.45, 7) is 0.837. The maximum atomic E-state index is 5.78. The van der Waals surface area contributed by atoms with E-state index in [1.54, 1.807) is 0 Å². The predicted octanol–water partition coefficient (Wildman–Crippen LogP) is 3.87. The fourth-order valence-corrected chi connectivity index (χ4v) is 2.26. The minimum absolute atomic E-state index is 0.692. The van der Waals surface area contributed by atoms with Crippen LogP contribution in [0.5, 0.6) is 5.75 Å². The lowest BCUT2D eigenvalue weighted by Crippen LogP contribution is -2.00. The Hall–Kier alpha value is -1.76. The van der Waals surface area contributed by atoms with Gasteiger partial charge in [0.25, 0.3) is 0 Å². The molecule has 0 N–H and O–H groups in total. The third kappa shape index (κ3) is 2.50. The zero-order valence-corrected chi connectivity index (χ0v) is 9.75. The summed E-state index contributed by atoms with van der Waals surface area (Å²) >= 11 is 0. The average molecular weight is 224 g/mol. The molecule has 86 valence electrons. The Morgan fingerprint density at radius 1 is 0.882 bits per heavy atom. The first-order valence-corrected chi connectivity index (χ1v) is 6.16. The first kappa shape index (κ1) is 10.4. The van der Waals surface area contributed by atoms with Crippen molar-refractivity contribution in [3.05, 3.63) is 66.2 Å². The van der Waals surface area contributed by atoms with Gasteiger partial charge in [0.2, 0.25) is 0 Å². The van der Waals surface area contributed by atoms with Crippen LogP contribution in [-0.2, 0) is 0 Å². The fraction of sp³-hybridized carbons (Fsp3) is 0.250. The summed E-state index contributed by atoms with van der Waals surface area (Å²) in [6.07, 6.45) is 1.26. The Kier molecular flexibility index (Phi) is 2.83. The highest BCUT2D eigenvalue weighted by molar-refractivity contribution is 5.26. The Morgan fingerprint density at radius 2 is 1.53 bits per heavy atom. The smallest absolute Gasteiger partial charge is 0.119 e. The van der Waals surface area contributed by atoms with Crippen molar-refractivity contribution in [3.8, 4) is 5.75 Å². The molecule has 0 spiro atoms. The number of hydrogen-bond donors (Lipinski definition) is 0. The number of benzene rings is 2. The van der Waals surface area contributed by atoms with E-state index in [-0.39, 0.29) is 0 Å². The molecule has 1 aliphatic rings. The van der Waals surface area contributed by atoms with Gasteiger partial charge in [-0.15, -0.1) is 0 Å². The first-order valence-electron chi connectivity index (χ1n) is 6.16. The molecule has 1 saturated carbocycles. The van der Waals surface area contributed by atoms with Crippen molar-refractivity contribution in [2.45, 2.75) is 12.3 Å². The second kappa shape index (κ2) is 4.62. The molecule has 1 heteroatoms. The van der Waals surface area contributed by atoms with Crippen molar-refractivity contribution in [3.63, 3.8) is 0 Å². The van der Waals surface area contributed by atoms with Crippen LogP contribution in [0.15, 0.2) is 60.7 Å². The van der Waals surface area contributed by atoms with Gasteiger partial charge in [-0.3, -0.25) is 0 Å². The number of rotatable bonds is 4. The summed E-state index contributed by atoms with van der Waals surface area (Å²) in [4.78, 5) is 0. The summed E-state index contributed by atoms with van der Waals surface area (Å²) in [5.41, 5.74) is 1.45. The minimum atomic E-state index is 0.692. The van der Waals surface area contributed by atoms with Gasteiger partial charge in [-0.25, -0.2) is 0 Å². The molecule has 2 aromatic carbocycles. The molecule has 0 saturated heterocycles. The van der Waals surface area contributed by atoms with Crippen LogP contribution in [0.4, 0.5) is 0 Å². The molecule has 2 atom stereocenters. The minimum Gasteiger partial charge on any atom is -0.493 e. The summed E-state index contributed by atoms with van der Waals surface area (Å²) in [5.74, 6) is 2.38. The van der Waals surface area contributed by atoms with Gasteiger partial charge >= 0.3 is 0 Å². The van der Waals surface area contributed by atoms with E-state index in [9.17, 15) is 0 Å². The van der Waals surface area contributed by atoms with E-state index in [1.165, 1.54) is 12.0 Å². The van der Waals surface area contributed by atoms with E-state index in [4.69, 9.17) is 4.74 Å². The Morgan fingerprint density at radius 3 is 2.24 bits per heavy atom. The lowest BCUT2D eigenvalue weighted by molar-refractivity contribution is 0.297. The molecule has 0 unspecified atom stereocenters. The molecule has 0 amide bonds. The van der Waals surface area contributed by atoms with Gasteiger partial charge in [0, 0.05) is 5.92 Å². The number of para-hydroxylation sites is 1. The quantitative estimate of drug-likeness (QED) is 0.766. The van der Waals surface area contributed by atoms with Gasteiger partial charge in [-0.2, -0.15) is 0 Å². The molecule has 1 fully saturated rings. The van der Waals surface area contributed by atoms with Gasteiger partial charge in [0.15, 0.2) is 0 Å². The fourth-order valence-electron chi connectivity index (χ4n) is 2.26. The largest absolute Gasteiger partial charge is 0.493 e. The third-order valence-corrected chi connectivity index (χ3v) is 3.36. The molecule has 1 aliphatic carbocycles. The van der Waals surface area contributed by atoms with Crippen LogP contribution in [-0.4, -0.2) is 6.61 Å². The number of ether oxygens (including phenoxy) is 1. The molecule has 0 radical (unpaired) electrons. The van der Waals surface area contributed by atoms with Gasteiger partial charge in [-0.1, -0.05) is 48.5 Å². The highest BCUT2D eigenvalue weighted by Gasteiger charge is 2.38. The maximum Gasteiger partial charge on any atom is 0.119 e. The molecule has 2 aromatic rings. The van der Waals surface area contributed by atoms with Crippen molar-refractivity contribution in [1.82, 2.24) is 0 Å². The predicted molar refractivity (Wildman–Crippen MR) is 69.2 cm³/mol. The maximum absolute atomic E-state index is 5.78. The van der Waals surface area contributed by atoms with Crippen molar-refractivity contribution >= 4 is 0 Å². The molecule has 17 heavy (non-hydrogen) atoms. The SMILES string of the molecule is c1ccc(OC[C@@H]2C[C@H]2c2ccccc2)cc1. The van der Waals surface area contributed by atoms with E-state index in [1.807, 2.05) is 30.3 Å². The van der Waals surface area contributed by atoms with Crippen LogP contribution in [0.25, 0.3) is 0 Å². The zero-order chi connectivity index (χ0) is 11.5. The lowest BCUT2D eigenvalue weighted by atomic mass is 10.1. The van der Waals surface area contributed by atoms with Crippen LogP contribution in [0, 0.1) is 5.92 Å². The highest BCUT2D eigenvalue weighted by Crippen LogP contribution is 2.47. The second-order valence-electron chi connectivity index (χ2n) is 4.64. The van der Waals surface area contributed by atoms with E-state index < -0.39 is 0 Å². The van der Waals surface area contributed by atoms with Crippen LogP contribution in [0.3, 0.4) is 0 Å². The molecule has 0 heterocycles. The third-order valence-electron chi connectivity index (χ3n) is 3.36. The highest BCUT2D eigenvalue weighted by atomic mass is 16.5. The van der Waals surface area contributed by atoms with Crippen LogP contribution in [0.2, 0.25) is 0 Å². The van der Waals surface area contributed by atoms with E-state index in [0.717, 1.165) is 12.4 Å². The van der Waals surface area contributed by atoms with Gasteiger partial charge in [0.05, 0.1) is 6.61 Å². The van der Waals surface area contributed by atoms with Gasteiger partial charge < -0.3 is 4.74 Å². The van der Waals surface area contributed by atoms with E-state index in [2.05, 4.69) is 30.3 Å². The topological polar surface area (TPSA) is 9.23 Å². The molecular formula is C16H16O. The summed E-state index contributed by atoms with van der Waals surface area (Å²) in [7, 11) is 0.